The van der Waals surface area contributed by atoms with Crippen molar-refractivity contribution in [3.8, 4) is 0 Å². The van der Waals surface area contributed by atoms with Crippen LogP contribution in [0.25, 0.3) is 0 Å². The summed E-state index contributed by atoms with van der Waals surface area (Å²) in [6.45, 7) is 41.8. The molecule has 0 aromatic heterocycles. The highest BCUT2D eigenvalue weighted by molar-refractivity contribution is 4.78. The third-order valence-electron chi connectivity index (χ3n) is 12.3. The average molecular weight is 858 g/mol. The van der Waals surface area contributed by atoms with Crippen LogP contribution in [0.5, 0.6) is 0 Å². The molecule has 2 rings (SSSR count). The topological polar surface area (TPSA) is 108 Å². The predicted molar refractivity (Wildman–Crippen MR) is 250 cm³/mol. The van der Waals surface area contributed by atoms with E-state index in [2.05, 4.69) is 85.6 Å². The second-order valence-corrected chi connectivity index (χ2v) is 17.6. The first kappa shape index (κ1) is 55.6. The van der Waals surface area contributed by atoms with E-state index in [4.69, 9.17) is 14.6 Å². The van der Waals surface area contributed by atoms with Crippen LogP contribution in [-0.2, 0) is 9.47 Å². The summed E-state index contributed by atoms with van der Waals surface area (Å²) < 4.78 is 11.4. The summed E-state index contributed by atoms with van der Waals surface area (Å²) in [5, 5.41) is 32.6. The van der Waals surface area contributed by atoms with Crippen molar-refractivity contribution in [3.05, 3.63) is 0 Å². The van der Waals surface area contributed by atoms with Gasteiger partial charge in [-0.2, -0.15) is 0 Å². The van der Waals surface area contributed by atoms with Gasteiger partial charge in [-0.3, -0.25) is 14.7 Å². The number of likely N-dealkylation sites (N-methyl/N-ethyl adjacent to an activating group) is 1. The first-order chi connectivity index (χ1) is 29.3. The first-order valence-corrected chi connectivity index (χ1v) is 24.9. The third-order valence-corrected chi connectivity index (χ3v) is 12.3. The van der Waals surface area contributed by atoms with E-state index < -0.39 is 12.2 Å². The Bertz CT molecular complexity index is 942. The molecule has 60 heavy (non-hydrogen) atoms. The molecule has 358 valence electrons. The van der Waals surface area contributed by atoms with Gasteiger partial charge in [0.2, 0.25) is 0 Å². The number of nitrogens with zero attached hydrogens (tertiary/aromatic N) is 9. The highest BCUT2D eigenvalue weighted by Gasteiger charge is 2.23. The Labute approximate surface area is 370 Å². The number of β-amino-alcohol motifs (C(OH)–C–C–N with tert-alkyl or cyclic N) is 2. The van der Waals surface area contributed by atoms with Crippen LogP contribution >= 0.6 is 0 Å². The van der Waals surface area contributed by atoms with E-state index in [-0.39, 0.29) is 6.61 Å². The molecular weight excluding hydrogens is 759 g/mol. The molecule has 2 aliphatic rings. The van der Waals surface area contributed by atoms with Crippen molar-refractivity contribution in [2.24, 2.45) is 0 Å². The molecule has 0 aromatic rings. The van der Waals surface area contributed by atoms with Gasteiger partial charge >= 0.3 is 0 Å². The smallest absolute Gasteiger partial charge is 0.0793 e. The summed E-state index contributed by atoms with van der Waals surface area (Å²) in [7, 11) is 0. The largest absolute Gasteiger partial charge is 0.394 e. The fourth-order valence-corrected chi connectivity index (χ4v) is 8.92. The highest BCUT2D eigenvalue weighted by Crippen LogP contribution is 2.08. The molecule has 2 aliphatic heterocycles. The Balaban J connectivity index is 2.15. The van der Waals surface area contributed by atoms with Gasteiger partial charge in [0.1, 0.15) is 0 Å². The van der Waals surface area contributed by atoms with Crippen molar-refractivity contribution in [3.63, 3.8) is 0 Å². The van der Waals surface area contributed by atoms with Gasteiger partial charge in [-0.1, -0.05) is 41.5 Å². The molecule has 14 nitrogen and oxygen atoms in total. The minimum absolute atomic E-state index is 0.00742. The normalized spacial score (nSPS) is 21.3. The number of hydrogen-bond acceptors (Lipinski definition) is 14. The van der Waals surface area contributed by atoms with Gasteiger partial charge in [0, 0.05) is 124 Å². The molecule has 0 aliphatic carbocycles. The van der Waals surface area contributed by atoms with Gasteiger partial charge in [0.05, 0.1) is 45.2 Å². The van der Waals surface area contributed by atoms with Crippen molar-refractivity contribution in [2.75, 3.05) is 210 Å². The van der Waals surface area contributed by atoms with Gasteiger partial charge in [0.15, 0.2) is 0 Å². The van der Waals surface area contributed by atoms with E-state index >= 15 is 0 Å². The van der Waals surface area contributed by atoms with Crippen molar-refractivity contribution in [1.82, 2.24) is 44.1 Å². The monoisotopic (exact) mass is 858 g/mol. The maximum absolute atomic E-state index is 11.8. The lowest BCUT2D eigenvalue weighted by atomic mass is 10.2. The molecule has 2 heterocycles. The molecule has 2 unspecified atom stereocenters. The van der Waals surface area contributed by atoms with E-state index in [9.17, 15) is 10.2 Å². The quantitative estimate of drug-likeness (QED) is 0.105. The van der Waals surface area contributed by atoms with Crippen molar-refractivity contribution in [1.29, 1.82) is 0 Å². The first-order valence-electron chi connectivity index (χ1n) is 24.9. The maximum Gasteiger partial charge on any atom is 0.0793 e. The number of rotatable bonds is 27. The number of hydrogen-bond donors (Lipinski definition) is 3. The predicted octanol–water partition coefficient (Wildman–Crippen LogP) is 1.94. The van der Waals surface area contributed by atoms with Gasteiger partial charge in [-0.15, -0.1) is 0 Å². The van der Waals surface area contributed by atoms with Crippen LogP contribution in [0.1, 0.15) is 80.1 Å². The Hall–Kier alpha value is -0.560. The van der Waals surface area contributed by atoms with E-state index in [0.717, 1.165) is 170 Å². The second kappa shape index (κ2) is 36.7. The highest BCUT2D eigenvalue weighted by atomic mass is 16.5. The molecule has 0 aromatic carbocycles. The number of aliphatic hydroxyl groups excluding tert-OH is 3. The van der Waals surface area contributed by atoms with Crippen molar-refractivity contribution < 1.29 is 24.8 Å². The lowest BCUT2D eigenvalue weighted by molar-refractivity contribution is 0.00476. The Morgan fingerprint density at radius 1 is 0.417 bits per heavy atom. The Kier molecular flexibility index (Phi) is 34.0. The van der Waals surface area contributed by atoms with Crippen LogP contribution in [0, 0.1) is 0 Å². The molecule has 2 saturated heterocycles. The molecule has 3 N–H and O–H groups in total. The number of ether oxygens (including phenoxy) is 2. The fraction of sp³-hybridized carbons (Fsp3) is 1.00. The zero-order valence-electron chi connectivity index (χ0n) is 40.2. The summed E-state index contributed by atoms with van der Waals surface area (Å²) in [4.78, 5) is 23.0. The summed E-state index contributed by atoms with van der Waals surface area (Å²) >= 11 is 0. The van der Waals surface area contributed by atoms with Crippen LogP contribution in [-0.4, -0.2) is 281 Å². The fourth-order valence-electron chi connectivity index (χ4n) is 8.92. The summed E-state index contributed by atoms with van der Waals surface area (Å²) in [6, 6.07) is 0. The summed E-state index contributed by atoms with van der Waals surface area (Å²) in [5.74, 6) is 0. The zero-order chi connectivity index (χ0) is 43.6. The minimum Gasteiger partial charge on any atom is -0.394 e. The third kappa shape index (κ3) is 26.9. The van der Waals surface area contributed by atoms with Crippen molar-refractivity contribution >= 4 is 0 Å². The van der Waals surface area contributed by atoms with E-state index in [1.807, 2.05) is 0 Å². The SMILES string of the molecule is CCCN1CCN(CC)CCCN(CC(O)CN(CCOCCOCCO)CC(O)CN2CCN(CCC)CCN(CCC)CCN(CCC)CC2)CCN(CCC)CC1. The van der Waals surface area contributed by atoms with Crippen molar-refractivity contribution in [2.45, 2.75) is 92.3 Å². The lowest BCUT2D eigenvalue weighted by Crippen LogP contribution is -2.50. The summed E-state index contributed by atoms with van der Waals surface area (Å²) in [6.07, 6.45) is 5.84. The lowest BCUT2D eigenvalue weighted by Gasteiger charge is -2.35. The van der Waals surface area contributed by atoms with Crippen LogP contribution in [0.15, 0.2) is 0 Å². The van der Waals surface area contributed by atoms with E-state index in [1.165, 1.54) is 12.8 Å². The number of aliphatic hydroxyl groups is 3. The van der Waals surface area contributed by atoms with Crippen LogP contribution in [0.4, 0.5) is 0 Å². The average Bonchev–Trinajstić information content (AvgIpc) is 3.24. The molecular formula is C46H99N9O5. The maximum atomic E-state index is 11.8. The molecule has 0 spiro atoms. The second-order valence-electron chi connectivity index (χ2n) is 17.6. The molecule has 0 saturated carbocycles. The van der Waals surface area contributed by atoms with E-state index in [0.29, 0.717) is 59.2 Å². The summed E-state index contributed by atoms with van der Waals surface area (Å²) in [5.41, 5.74) is 0. The zero-order valence-corrected chi connectivity index (χ0v) is 40.2. The van der Waals surface area contributed by atoms with E-state index in [1.54, 1.807) is 0 Å². The van der Waals surface area contributed by atoms with Gasteiger partial charge in [-0.25, -0.2) is 0 Å². The molecule has 14 heteroatoms. The molecule has 0 bridgehead atoms. The Morgan fingerprint density at radius 2 is 0.733 bits per heavy atom. The molecule has 2 fully saturated rings. The molecule has 0 amide bonds. The molecule has 2 atom stereocenters. The van der Waals surface area contributed by atoms with Gasteiger partial charge in [-0.05, 0) is 90.9 Å². The van der Waals surface area contributed by atoms with Crippen LogP contribution in [0.2, 0.25) is 0 Å². The van der Waals surface area contributed by atoms with Crippen LogP contribution < -0.4 is 0 Å². The van der Waals surface area contributed by atoms with Gasteiger partial charge in [0.25, 0.3) is 0 Å². The molecule has 0 radical (unpaired) electrons. The minimum atomic E-state index is -0.544. The van der Waals surface area contributed by atoms with Gasteiger partial charge < -0.3 is 54.2 Å². The standard InChI is InChI=1S/C46H99N9O5/c1-7-14-48-22-21-47(12-6)19-13-20-53(32-29-50(16-9-3)26-23-48)41-45(57)43-55(35-37-59-39-40-60-38-36-56)44-46(58)42-54-33-30-51(17-10-4)27-24-49(15-8-2)25-28-52(18-11-5)31-34-54/h45-46,56-58H,7-44H2,1-6H3. The Morgan fingerprint density at radius 3 is 1.08 bits per heavy atom. The van der Waals surface area contributed by atoms with Crippen LogP contribution in [0.3, 0.4) is 0 Å².